The summed E-state index contributed by atoms with van der Waals surface area (Å²) in [4.78, 5) is 14.3. The maximum atomic E-state index is 11.9. The van der Waals surface area contributed by atoms with Gasteiger partial charge in [-0.3, -0.25) is 4.90 Å². The Bertz CT molecular complexity index is 627. The van der Waals surface area contributed by atoms with E-state index in [1.54, 1.807) is 20.3 Å². The molecule has 0 N–H and O–H groups in total. The second-order valence-electron chi connectivity index (χ2n) is 6.31. The zero-order valence-corrected chi connectivity index (χ0v) is 12.7. The largest absolute Gasteiger partial charge is 0.449 e. The van der Waals surface area contributed by atoms with Crippen molar-refractivity contribution in [2.45, 2.75) is 49.3 Å². The highest BCUT2D eigenvalue weighted by Gasteiger charge is 2.65. The maximum absolute atomic E-state index is 11.9. The fourth-order valence-electron chi connectivity index (χ4n) is 4.81. The summed E-state index contributed by atoms with van der Waals surface area (Å²) >= 11 is 0. The van der Waals surface area contributed by atoms with Crippen molar-refractivity contribution in [3.05, 3.63) is 23.3 Å². The van der Waals surface area contributed by atoms with E-state index in [1.165, 1.54) is 0 Å². The van der Waals surface area contributed by atoms with E-state index in [2.05, 4.69) is 16.9 Å². The van der Waals surface area contributed by atoms with Crippen LogP contribution in [-0.2, 0) is 19.0 Å². The fourth-order valence-corrected chi connectivity index (χ4v) is 4.81. The normalized spacial score (nSPS) is 39.2. The summed E-state index contributed by atoms with van der Waals surface area (Å²) in [6, 6.07) is 0.466. The molecule has 0 aromatic carbocycles. The van der Waals surface area contributed by atoms with Crippen LogP contribution in [0.1, 0.15) is 19.3 Å². The van der Waals surface area contributed by atoms with Gasteiger partial charge in [0, 0.05) is 43.9 Å². The third-order valence-corrected chi connectivity index (χ3v) is 5.50. The van der Waals surface area contributed by atoms with Crippen LogP contribution in [0.25, 0.3) is 0 Å². The number of nitrogens with zero attached hydrogens (tertiary/aromatic N) is 1. The first-order chi connectivity index (χ1) is 10.6. The molecule has 2 bridgehead atoms. The molecule has 1 aliphatic carbocycles. The number of hydrogen-bond donors (Lipinski definition) is 0. The standard InChI is InChI=1S/C17H19NO4/c1-4-10-7-11-9-17(12(10)8-15(19)22-17)14-6-5-13(18(11)14)16(20-2)21-3/h1,7-8,11,13-14,16H,5-6,9H2,2-3H3. The summed E-state index contributed by atoms with van der Waals surface area (Å²) in [6.07, 6.45) is 11.7. The van der Waals surface area contributed by atoms with E-state index in [0.29, 0.717) is 0 Å². The minimum absolute atomic E-state index is 0.148. The van der Waals surface area contributed by atoms with Crippen LogP contribution in [0.3, 0.4) is 0 Å². The van der Waals surface area contributed by atoms with Crippen molar-refractivity contribution < 1.29 is 19.0 Å². The molecule has 0 amide bonds. The third kappa shape index (κ3) is 1.58. The number of terminal acetylenes is 1. The van der Waals surface area contributed by atoms with Gasteiger partial charge in [-0.25, -0.2) is 4.79 Å². The van der Waals surface area contributed by atoms with Crippen LogP contribution in [0.5, 0.6) is 0 Å². The van der Waals surface area contributed by atoms with Gasteiger partial charge in [0.2, 0.25) is 0 Å². The van der Waals surface area contributed by atoms with Crippen LogP contribution < -0.4 is 0 Å². The average molecular weight is 301 g/mol. The number of rotatable bonds is 3. The Kier molecular flexibility index (Phi) is 2.99. The number of carbonyl (C=O) groups is 1. The molecule has 0 aromatic rings. The van der Waals surface area contributed by atoms with Crippen molar-refractivity contribution in [3.8, 4) is 12.3 Å². The molecule has 0 radical (unpaired) electrons. The second-order valence-corrected chi connectivity index (χ2v) is 6.31. The van der Waals surface area contributed by atoms with E-state index in [0.717, 1.165) is 30.4 Å². The van der Waals surface area contributed by atoms with E-state index in [1.807, 2.05) is 0 Å². The Morgan fingerprint density at radius 1 is 1.45 bits per heavy atom. The predicted molar refractivity (Wildman–Crippen MR) is 78.7 cm³/mol. The van der Waals surface area contributed by atoms with Crippen molar-refractivity contribution in [3.63, 3.8) is 0 Å². The first-order valence-electron chi connectivity index (χ1n) is 7.61. The fraction of sp³-hybridized carbons (Fsp3) is 0.588. The molecule has 4 atom stereocenters. The van der Waals surface area contributed by atoms with Gasteiger partial charge in [-0.1, -0.05) is 12.0 Å². The zero-order valence-electron chi connectivity index (χ0n) is 12.7. The molecule has 4 rings (SSSR count). The van der Waals surface area contributed by atoms with Gasteiger partial charge in [0.05, 0.1) is 12.1 Å². The van der Waals surface area contributed by atoms with Gasteiger partial charge in [-0.15, -0.1) is 6.42 Å². The minimum Gasteiger partial charge on any atom is -0.449 e. The average Bonchev–Trinajstić information content (AvgIpc) is 3.14. The highest BCUT2D eigenvalue weighted by atomic mass is 16.7. The van der Waals surface area contributed by atoms with Crippen LogP contribution in [0.15, 0.2) is 23.3 Å². The van der Waals surface area contributed by atoms with Crippen molar-refractivity contribution in [2.24, 2.45) is 0 Å². The smallest absolute Gasteiger partial charge is 0.332 e. The van der Waals surface area contributed by atoms with Gasteiger partial charge in [-0.2, -0.15) is 0 Å². The molecule has 22 heavy (non-hydrogen) atoms. The quantitative estimate of drug-likeness (QED) is 0.442. The van der Waals surface area contributed by atoms with Crippen molar-refractivity contribution in [2.75, 3.05) is 14.2 Å². The molecule has 2 fully saturated rings. The van der Waals surface area contributed by atoms with E-state index >= 15 is 0 Å². The molecule has 2 saturated heterocycles. The van der Waals surface area contributed by atoms with Gasteiger partial charge in [0.15, 0.2) is 11.9 Å². The molecule has 5 nitrogen and oxygen atoms in total. The van der Waals surface area contributed by atoms with Gasteiger partial charge >= 0.3 is 5.97 Å². The lowest BCUT2D eigenvalue weighted by molar-refractivity contribution is -0.151. The number of ether oxygens (including phenoxy) is 3. The Balaban J connectivity index is 1.77. The van der Waals surface area contributed by atoms with Crippen molar-refractivity contribution in [1.29, 1.82) is 0 Å². The minimum atomic E-state index is -0.570. The van der Waals surface area contributed by atoms with E-state index in [4.69, 9.17) is 20.6 Å². The summed E-state index contributed by atoms with van der Waals surface area (Å²) in [7, 11) is 3.32. The Labute approximate surface area is 129 Å². The van der Waals surface area contributed by atoms with Gasteiger partial charge in [0.25, 0.3) is 0 Å². The summed E-state index contributed by atoms with van der Waals surface area (Å²) in [5.74, 6) is 2.44. The second kappa shape index (κ2) is 4.69. The molecule has 0 saturated carbocycles. The third-order valence-electron chi connectivity index (χ3n) is 5.50. The topological polar surface area (TPSA) is 48.0 Å². The van der Waals surface area contributed by atoms with E-state index < -0.39 is 5.60 Å². The van der Waals surface area contributed by atoms with Crippen LogP contribution in [0.4, 0.5) is 0 Å². The molecule has 1 spiro atoms. The molecule has 0 aromatic heterocycles. The van der Waals surface area contributed by atoms with Gasteiger partial charge in [-0.05, 0) is 12.8 Å². The van der Waals surface area contributed by atoms with Crippen LogP contribution in [0.2, 0.25) is 0 Å². The summed E-state index contributed by atoms with van der Waals surface area (Å²) in [5, 5.41) is 0. The van der Waals surface area contributed by atoms with E-state index in [9.17, 15) is 4.79 Å². The highest BCUT2D eigenvalue weighted by molar-refractivity contribution is 5.90. The van der Waals surface area contributed by atoms with Crippen molar-refractivity contribution in [1.82, 2.24) is 4.90 Å². The summed E-state index contributed by atoms with van der Waals surface area (Å²) in [6.45, 7) is 0. The first-order valence-corrected chi connectivity index (χ1v) is 7.61. The monoisotopic (exact) mass is 301 g/mol. The number of fused-ring (bicyclic) bond motifs is 3. The van der Waals surface area contributed by atoms with Crippen LogP contribution in [0, 0.1) is 12.3 Å². The van der Waals surface area contributed by atoms with Crippen LogP contribution in [-0.4, -0.2) is 55.1 Å². The molecule has 4 aliphatic rings. The molecule has 116 valence electrons. The lowest BCUT2D eigenvalue weighted by atomic mass is 9.77. The Morgan fingerprint density at radius 3 is 2.91 bits per heavy atom. The lowest BCUT2D eigenvalue weighted by Crippen LogP contribution is -2.48. The Hall–Kier alpha value is -1.61. The Morgan fingerprint density at radius 2 is 2.23 bits per heavy atom. The molecular weight excluding hydrogens is 282 g/mol. The zero-order chi connectivity index (χ0) is 15.5. The molecule has 4 unspecified atom stereocenters. The van der Waals surface area contributed by atoms with Gasteiger partial charge < -0.3 is 14.2 Å². The molecule has 5 heteroatoms. The predicted octanol–water partition coefficient (Wildman–Crippen LogP) is 1.01. The molecule has 3 heterocycles. The molecular formula is C17H19NO4. The van der Waals surface area contributed by atoms with Crippen molar-refractivity contribution >= 4 is 5.97 Å². The highest BCUT2D eigenvalue weighted by Crippen LogP contribution is 2.55. The van der Waals surface area contributed by atoms with Gasteiger partial charge in [0.1, 0.15) is 0 Å². The first kappa shape index (κ1) is 14.0. The molecule has 3 aliphatic heterocycles. The number of carbonyl (C=O) groups excluding carboxylic acids is 1. The summed E-state index contributed by atoms with van der Waals surface area (Å²) in [5.41, 5.74) is 1.11. The SMILES string of the molecule is C#CC1=CC2CC3(OC(=O)C=C13)C1CCC(C(OC)OC)N21. The number of methoxy groups -OCH3 is 2. The summed E-state index contributed by atoms with van der Waals surface area (Å²) < 4.78 is 16.7. The van der Waals surface area contributed by atoms with Crippen LogP contribution >= 0.6 is 0 Å². The van der Waals surface area contributed by atoms with E-state index in [-0.39, 0.29) is 30.4 Å². The number of hydrogen-bond acceptors (Lipinski definition) is 5. The number of esters is 1. The maximum Gasteiger partial charge on any atom is 0.332 e. The lowest BCUT2D eigenvalue weighted by Gasteiger charge is -2.33.